The van der Waals surface area contributed by atoms with Crippen molar-refractivity contribution >= 4 is 56.2 Å². The highest BCUT2D eigenvalue weighted by molar-refractivity contribution is 6.32. The molecular weight excluding hydrogens is 879 g/mol. The van der Waals surface area contributed by atoms with Crippen LogP contribution < -0.4 is 38.4 Å². The lowest BCUT2D eigenvalue weighted by atomic mass is 9.78. The van der Waals surface area contributed by atoms with Crippen LogP contribution in [-0.2, 0) is 15.6 Å². The van der Waals surface area contributed by atoms with Crippen molar-refractivity contribution in [2.45, 2.75) is 71.1 Å². The summed E-state index contributed by atoms with van der Waals surface area (Å²) >= 11 is 7.54. The van der Waals surface area contributed by atoms with E-state index < -0.39 is 0 Å². The van der Waals surface area contributed by atoms with Gasteiger partial charge in [0.1, 0.15) is 18.0 Å². The van der Waals surface area contributed by atoms with Crippen LogP contribution in [0.25, 0.3) is 21.5 Å². The van der Waals surface area contributed by atoms with E-state index in [0.717, 1.165) is 59.2 Å². The van der Waals surface area contributed by atoms with Crippen LogP contribution >= 0.6 is 11.6 Å². The van der Waals surface area contributed by atoms with Crippen LogP contribution in [0.15, 0.2) is 131 Å². The number of hydrogen-bond donors (Lipinski definition) is 0. The van der Waals surface area contributed by atoms with E-state index >= 15 is 0 Å². The van der Waals surface area contributed by atoms with E-state index in [1.54, 1.807) is 14.2 Å². The Balaban J connectivity index is 0.00000544. The number of allylic oxidation sites excluding steroid dienone is 8. The SMILES string of the molecule is CCN1C(=CC=C2CC(c3ccc(C(=O)OC)cc3)CC(C=CC3=[N+](CC)c4ccc5cc(OC)ccc5c4C3(C)C)=C2Cl)C(C)(C)c2c1ccc1cc(OC)ccc21.[I-]. The van der Waals surface area contributed by atoms with Crippen molar-refractivity contribution in [1.82, 2.24) is 0 Å². The Kier molecular flexibility index (Phi) is 12.2. The van der Waals surface area contributed by atoms with E-state index in [1.165, 1.54) is 62.6 Å². The van der Waals surface area contributed by atoms with Gasteiger partial charge in [-0.15, -0.1) is 0 Å². The molecule has 0 spiro atoms. The number of nitrogens with zero attached hydrogens (tertiary/aromatic N) is 2. The van der Waals surface area contributed by atoms with Gasteiger partial charge in [0, 0.05) is 46.1 Å². The molecule has 6 nitrogen and oxygen atoms in total. The molecule has 0 amide bonds. The van der Waals surface area contributed by atoms with Crippen LogP contribution in [0.2, 0.25) is 0 Å². The molecule has 0 fully saturated rings. The summed E-state index contributed by atoms with van der Waals surface area (Å²) in [6, 6.07) is 29.5. The Morgan fingerprint density at radius 1 is 0.783 bits per heavy atom. The Labute approximate surface area is 376 Å². The predicted molar refractivity (Wildman–Crippen MR) is 243 cm³/mol. The smallest absolute Gasteiger partial charge is 0.337 e. The van der Waals surface area contributed by atoms with Crippen molar-refractivity contribution in [3.8, 4) is 11.5 Å². The molecular formula is C52H54ClIN2O4. The van der Waals surface area contributed by atoms with Crippen molar-refractivity contribution in [2.24, 2.45) is 0 Å². The molecule has 1 atom stereocenters. The summed E-state index contributed by atoms with van der Waals surface area (Å²) in [5.41, 5.74) is 11.0. The normalized spacial score (nSPS) is 19.4. The summed E-state index contributed by atoms with van der Waals surface area (Å²) in [5.74, 6) is 1.53. The van der Waals surface area contributed by atoms with Crippen molar-refractivity contribution in [3.63, 3.8) is 0 Å². The third-order valence-electron chi connectivity index (χ3n) is 12.9. The number of esters is 1. The molecule has 1 aliphatic carbocycles. The van der Waals surface area contributed by atoms with Crippen molar-refractivity contribution < 1.29 is 47.6 Å². The second kappa shape index (κ2) is 16.9. The van der Waals surface area contributed by atoms with Gasteiger partial charge in [-0.2, -0.15) is 4.58 Å². The van der Waals surface area contributed by atoms with E-state index in [9.17, 15) is 4.79 Å². The van der Waals surface area contributed by atoms with Crippen LogP contribution in [0.5, 0.6) is 11.5 Å². The lowest BCUT2D eigenvalue weighted by molar-refractivity contribution is -0.433. The zero-order valence-electron chi connectivity index (χ0n) is 36.1. The summed E-state index contributed by atoms with van der Waals surface area (Å²) in [4.78, 5) is 14.8. The first-order valence-electron chi connectivity index (χ1n) is 20.7. The average molecular weight is 933 g/mol. The maximum Gasteiger partial charge on any atom is 0.337 e. The molecule has 8 heteroatoms. The molecule has 0 saturated heterocycles. The molecule has 3 aliphatic rings. The van der Waals surface area contributed by atoms with Crippen LogP contribution in [-0.4, -0.2) is 50.7 Å². The van der Waals surface area contributed by atoms with Gasteiger partial charge in [-0.25, -0.2) is 4.79 Å². The van der Waals surface area contributed by atoms with Crippen molar-refractivity contribution in [3.05, 3.63) is 153 Å². The van der Waals surface area contributed by atoms with Gasteiger partial charge in [-0.3, -0.25) is 0 Å². The monoisotopic (exact) mass is 932 g/mol. The molecule has 5 aromatic rings. The number of likely N-dealkylation sites (N-methyl/N-ethyl adjacent to an activating group) is 1. The van der Waals surface area contributed by atoms with Gasteiger partial charge in [0.15, 0.2) is 5.71 Å². The fourth-order valence-corrected chi connectivity index (χ4v) is 10.2. The number of carbonyl (C=O) groups excluding carboxylic acids is 1. The third-order valence-corrected chi connectivity index (χ3v) is 13.4. The Morgan fingerprint density at radius 3 is 2.02 bits per heavy atom. The average Bonchev–Trinajstić information content (AvgIpc) is 3.62. The number of ether oxygens (including phenoxy) is 3. The summed E-state index contributed by atoms with van der Waals surface area (Å²) in [6.07, 6.45) is 10.6. The molecule has 2 aliphatic heterocycles. The van der Waals surface area contributed by atoms with Crippen LogP contribution in [0.3, 0.4) is 0 Å². The lowest BCUT2D eigenvalue weighted by Gasteiger charge is -2.28. The van der Waals surface area contributed by atoms with Gasteiger partial charge in [-0.1, -0.05) is 67.9 Å². The second-order valence-corrected chi connectivity index (χ2v) is 17.2. The summed E-state index contributed by atoms with van der Waals surface area (Å²) < 4.78 is 18.6. The Hall–Kier alpha value is -4.86. The second-order valence-electron chi connectivity index (χ2n) is 16.9. The molecule has 0 aromatic heterocycles. The summed E-state index contributed by atoms with van der Waals surface area (Å²) in [5, 5.41) is 5.62. The van der Waals surface area contributed by atoms with E-state index in [-0.39, 0.29) is 46.7 Å². The highest BCUT2D eigenvalue weighted by atomic mass is 127. The number of anilines is 1. The minimum absolute atomic E-state index is 0. The highest BCUT2D eigenvalue weighted by Crippen LogP contribution is 2.52. The molecule has 60 heavy (non-hydrogen) atoms. The molecule has 2 heterocycles. The van der Waals surface area contributed by atoms with Crippen molar-refractivity contribution in [1.29, 1.82) is 0 Å². The van der Waals surface area contributed by atoms with E-state index in [1.807, 2.05) is 12.1 Å². The predicted octanol–water partition coefficient (Wildman–Crippen LogP) is 9.45. The molecule has 8 rings (SSSR count). The zero-order chi connectivity index (χ0) is 41.8. The molecule has 0 N–H and O–H groups in total. The Bertz CT molecular complexity index is 2680. The zero-order valence-corrected chi connectivity index (χ0v) is 39.0. The largest absolute Gasteiger partial charge is 1.00 e. The number of benzene rings is 5. The fourth-order valence-electron chi connectivity index (χ4n) is 9.95. The number of fused-ring (bicyclic) bond motifs is 6. The first-order valence-corrected chi connectivity index (χ1v) is 21.1. The van der Waals surface area contributed by atoms with Crippen LogP contribution in [0.1, 0.15) is 87.4 Å². The number of carbonyl (C=O) groups is 1. The summed E-state index contributed by atoms with van der Waals surface area (Å²) in [7, 11) is 4.85. The third kappa shape index (κ3) is 7.25. The van der Waals surface area contributed by atoms with Crippen LogP contribution in [0.4, 0.5) is 11.4 Å². The van der Waals surface area contributed by atoms with Gasteiger partial charge in [0.2, 0.25) is 5.69 Å². The maximum atomic E-state index is 12.4. The Morgan fingerprint density at radius 2 is 1.42 bits per heavy atom. The molecule has 1 unspecified atom stereocenters. The van der Waals surface area contributed by atoms with Crippen LogP contribution in [0, 0.1) is 0 Å². The van der Waals surface area contributed by atoms with Gasteiger partial charge in [-0.05, 0) is 145 Å². The minimum atomic E-state index is -0.337. The van der Waals surface area contributed by atoms with Gasteiger partial charge >= 0.3 is 5.97 Å². The van der Waals surface area contributed by atoms with E-state index in [0.29, 0.717) is 5.56 Å². The lowest BCUT2D eigenvalue weighted by Crippen LogP contribution is -3.00. The topological polar surface area (TPSA) is 51.0 Å². The molecule has 310 valence electrons. The molecule has 0 saturated carbocycles. The molecule has 5 aromatic carbocycles. The minimum Gasteiger partial charge on any atom is -1.00 e. The van der Waals surface area contributed by atoms with Gasteiger partial charge in [0.05, 0.1) is 32.3 Å². The number of rotatable bonds is 9. The van der Waals surface area contributed by atoms with E-state index in [4.69, 9.17) is 25.8 Å². The van der Waals surface area contributed by atoms with Gasteiger partial charge in [0.25, 0.3) is 0 Å². The maximum absolute atomic E-state index is 12.4. The number of methoxy groups -OCH3 is 3. The van der Waals surface area contributed by atoms with Crippen molar-refractivity contribution in [2.75, 3.05) is 39.3 Å². The van der Waals surface area contributed by atoms with E-state index in [2.05, 4.69) is 148 Å². The fraction of sp³-hybridized carbons (Fsp3) is 0.308. The molecule has 0 bridgehead atoms. The highest BCUT2D eigenvalue weighted by Gasteiger charge is 2.45. The molecule has 0 radical (unpaired) electrons. The number of halogens is 2. The summed E-state index contributed by atoms with van der Waals surface area (Å²) in [6.45, 7) is 15.4. The van der Waals surface area contributed by atoms with Gasteiger partial charge < -0.3 is 43.1 Å². The first-order chi connectivity index (χ1) is 28.4. The standard InChI is InChI=1S/C52H54ClN2O4.HI/c1-10-54-43-24-16-34-30-39(57-7)20-22-41(34)47(43)51(3,4)45(54)26-18-36-28-38(32-12-14-33(15-13-32)50(56)59-9)29-37(49(36)53)19-27-46-52(5,6)48-42-23-21-40(58-8)31-35(42)17-25-44(48)55(46)11-2;/h12-27,30-31,38H,10-11,28-29H2,1-9H3;1H/q+1;/p-1. The quantitative estimate of drug-likeness (QED) is 0.0839. The number of hydrogen-bond acceptors (Lipinski definition) is 5. The first kappa shape index (κ1) is 43.2.